The molecule has 0 fully saturated rings. The molecule has 0 aliphatic rings. The van der Waals surface area contributed by atoms with Crippen molar-refractivity contribution in [2.75, 3.05) is 5.73 Å². The number of nitrogens with two attached hydrogens (primary N) is 1. The molecule has 18 heavy (non-hydrogen) atoms. The third-order valence-corrected chi connectivity index (χ3v) is 1.94. The number of nitrogens with zero attached hydrogens (tertiary/aromatic N) is 1. The normalized spacial score (nSPS) is 11.3. The van der Waals surface area contributed by atoms with Crippen LogP contribution in [0, 0.1) is 0 Å². The molecule has 0 unspecified atom stereocenters. The first-order valence-electron chi connectivity index (χ1n) is 4.54. The van der Waals surface area contributed by atoms with Crippen molar-refractivity contribution in [1.29, 1.82) is 0 Å². The average Bonchev–Trinajstić information content (AvgIpc) is 2.21. The van der Waals surface area contributed by atoms with Gasteiger partial charge in [-0.25, -0.2) is 9.37 Å². The molecule has 5 nitrogen and oxygen atoms in total. The van der Waals surface area contributed by atoms with Crippen molar-refractivity contribution in [2.45, 2.75) is 19.5 Å². The monoisotopic (exact) mass is 268 g/mol. The number of carbonyl (C=O) groups is 1. The lowest BCUT2D eigenvalue weighted by Crippen LogP contribution is -2.21. The van der Waals surface area contributed by atoms with Gasteiger partial charge < -0.3 is 15.6 Å². The molecule has 0 spiro atoms. The maximum atomic E-state index is 12.6. The summed E-state index contributed by atoms with van der Waals surface area (Å²) >= 11 is 0. The first-order valence-corrected chi connectivity index (χ1v) is 4.54. The van der Waals surface area contributed by atoms with E-state index in [1.807, 2.05) is 0 Å². The van der Waals surface area contributed by atoms with E-state index in [1.165, 1.54) is 0 Å². The maximum Gasteiger partial charge on any atom is 0.573 e. The first-order chi connectivity index (χ1) is 8.24. The number of aliphatic carboxylic acids is 1. The number of ether oxygens (including phenoxy) is 1. The Balaban J connectivity index is 3.31. The first kappa shape index (κ1) is 14.0. The average molecular weight is 268 g/mol. The molecule has 0 aliphatic heterocycles. The molecule has 0 atom stereocenters. The van der Waals surface area contributed by atoms with Gasteiger partial charge in [0.2, 0.25) is 0 Å². The van der Waals surface area contributed by atoms with Crippen molar-refractivity contribution in [3.8, 4) is 5.75 Å². The van der Waals surface area contributed by atoms with Gasteiger partial charge in [-0.05, 0) is 0 Å². The van der Waals surface area contributed by atoms with E-state index < -0.39 is 42.6 Å². The van der Waals surface area contributed by atoms with E-state index in [1.54, 1.807) is 0 Å². The largest absolute Gasteiger partial charge is 0.573 e. The molecule has 0 saturated carbocycles. The molecule has 0 bridgehead atoms. The Morgan fingerprint density at radius 2 is 2.11 bits per heavy atom. The highest BCUT2D eigenvalue weighted by Crippen LogP contribution is 2.33. The molecule has 1 aromatic rings. The number of rotatable bonds is 4. The van der Waals surface area contributed by atoms with Crippen molar-refractivity contribution in [3.05, 3.63) is 17.3 Å². The molecule has 1 rings (SSSR count). The SMILES string of the molecule is Nc1ncc(CF)c(CC(=O)O)c1OC(F)(F)F. The van der Waals surface area contributed by atoms with Crippen LogP contribution in [0.2, 0.25) is 0 Å². The third-order valence-electron chi connectivity index (χ3n) is 1.94. The highest BCUT2D eigenvalue weighted by molar-refractivity contribution is 5.73. The number of anilines is 1. The molecule has 9 heteroatoms. The molecule has 1 heterocycles. The third kappa shape index (κ3) is 3.47. The van der Waals surface area contributed by atoms with E-state index in [0.29, 0.717) is 0 Å². The van der Waals surface area contributed by atoms with Crippen LogP contribution < -0.4 is 10.5 Å². The fraction of sp³-hybridized carbons (Fsp3) is 0.333. The van der Waals surface area contributed by atoms with Crippen LogP contribution in [0.4, 0.5) is 23.4 Å². The van der Waals surface area contributed by atoms with Crippen LogP contribution in [0.3, 0.4) is 0 Å². The van der Waals surface area contributed by atoms with Gasteiger partial charge in [-0.1, -0.05) is 0 Å². The predicted octanol–water partition coefficient (Wildman–Crippen LogP) is 1.66. The highest BCUT2D eigenvalue weighted by Gasteiger charge is 2.34. The number of pyridine rings is 1. The number of nitrogen functional groups attached to an aromatic ring is 1. The molecular weight excluding hydrogens is 260 g/mol. The highest BCUT2D eigenvalue weighted by atomic mass is 19.4. The van der Waals surface area contributed by atoms with Crippen LogP contribution in [0.1, 0.15) is 11.1 Å². The molecule has 0 aromatic carbocycles. The van der Waals surface area contributed by atoms with Gasteiger partial charge in [-0.3, -0.25) is 4.79 Å². The Labute approximate surface area is 98.2 Å². The summed E-state index contributed by atoms with van der Waals surface area (Å²) in [4.78, 5) is 13.9. The fourth-order valence-electron chi connectivity index (χ4n) is 1.27. The molecule has 1 aromatic heterocycles. The lowest BCUT2D eigenvalue weighted by Gasteiger charge is -2.15. The van der Waals surface area contributed by atoms with Crippen LogP contribution in [-0.2, 0) is 17.9 Å². The van der Waals surface area contributed by atoms with Crippen LogP contribution in [0.5, 0.6) is 5.75 Å². The second-order valence-corrected chi connectivity index (χ2v) is 3.23. The number of halogens is 4. The van der Waals surface area contributed by atoms with Crippen molar-refractivity contribution >= 4 is 11.8 Å². The van der Waals surface area contributed by atoms with Gasteiger partial charge in [0, 0.05) is 17.3 Å². The number of aromatic nitrogens is 1. The summed E-state index contributed by atoms with van der Waals surface area (Å²) in [6.07, 6.45) is -5.05. The smallest absolute Gasteiger partial charge is 0.481 e. The number of alkyl halides is 4. The minimum Gasteiger partial charge on any atom is -0.481 e. The van der Waals surface area contributed by atoms with Crippen LogP contribution in [0.15, 0.2) is 6.20 Å². The molecule has 0 radical (unpaired) electrons. The fourth-order valence-corrected chi connectivity index (χ4v) is 1.27. The second kappa shape index (κ2) is 5.07. The number of hydrogen-bond donors (Lipinski definition) is 2. The van der Waals surface area contributed by atoms with E-state index in [2.05, 4.69) is 9.72 Å². The maximum absolute atomic E-state index is 12.6. The van der Waals surface area contributed by atoms with Crippen LogP contribution in [0.25, 0.3) is 0 Å². The Kier molecular flexibility index (Phi) is 3.94. The molecule has 0 amide bonds. The lowest BCUT2D eigenvalue weighted by molar-refractivity contribution is -0.274. The molecule has 0 saturated heterocycles. The molecule has 3 N–H and O–H groups in total. The summed E-state index contributed by atoms with van der Waals surface area (Å²) in [6, 6.07) is 0. The standard InChI is InChI=1S/C9H8F4N2O3/c10-2-4-3-15-8(14)7(18-9(11,12)13)5(4)1-6(16)17/h3H,1-2H2,(H2,14,15)(H,16,17). The second-order valence-electron chi connectivity index (χ2n) is 3.23. The van der Waals surface area contributed by atoms with E-state index in [0.717, 1.165) is 6.20 Å². The minimum atomic E-state index is -5.07. The summed E-state index contributed by atoms with van der Waals surface area (Å²) in [5, 5.41) is 8.58. The summed E-state index contributed by atoms with van der Waals surface area (Å²) in [5.74, 6) is -3.07. The number of carboxylic acids is 1. The molecular formula is C9H8F4N2O3. The number of hydrogen-bond acceptors (Lipinski definition) is 4. The predicted molar refractivity (Wildman–Crippen MR) is 51.5 cm³/mol. The number of carboxylic acid groups (broad SMARTS) is 1. The van der Waals surface area contributed by atoms with Gasteiger partial charge in [0.25, 0.3) is 0 Å². The lowest BCUT2D eigenvalue weighted by atomic mass is 10.1. The van der Waals surface area contributed by atoms with Crippen molar-refractivity contribution in [1.82, 2.24) is 4.98 Å². The zero-order valence-corrected chi connectivity index (χ0v) is 8.79. The van der Waals surface area contributed by atoms with Crippen LogP contribution >= 0.6 is 0 Å². The van der Waals surface area contributed by atoms with Gasteiger partial charge in [0.05, 0.1) is 6.42 Å². The minimum absolute atomic E-state index is 0.314. The van der Waals surface area contributed by atoms with E-state index in [-0.39, 0.29) is 5.56 Å². The Morgan fingerprint density at radius 1 is 1.50 bits per heavy atom. The Morgan fingerprint density at radius 3 is 2.56 bits per heavy atom. The van der Waals surface area contributed by atoms with Crippen molar-refractivity contribution in [3.63, 3.8) is 0 Å². The van der Waals surface area contributed by atoms with E-state index >= 15 is 0 Å². The van der Waals surface area contributed by atoms with E-state index in [9.17, 15) is 22.4 Å². The zero-order valence-electron chi connectivity index (χ0n) is 8.79. The quantitative estimate of drug-likeness (QED) is 0.811. The zero-order chi connectivity index (χ0) is 13.9. The van der Waals surface area contributed by atoms with Gasteiger partial charge >= 0.3 is 12.3 Å². The summed E-state index contributed by atoms with van der Waals surface area (Å²) < 4.78 is 52.5. The molecule has 0 aliphatic carbocycles. The van der Waals surface area contributed by atoms with Crippen molar-refractivity contribution < 1.29 is 32.2 Å². The van der Waals surface area contributed by atoms with Gasteiger partial charge in [-0.2, -0.15) is 0 Å². The van der Waals surface area contributed by atoms with Crippen LogP contribution in [-0.4, -0.2) is 22.4 Å². The topological polar surface area (TPSA) is 85.4 Å². The summed E-state index contributed by atoms with van der Waals surface area (Å²) in [5.41, 5.74) is 4.39. The van der Waals surface area contributed by atoms with Gasteiger partial charge in [-0.15, -0.1) is 13.2 Å². The van der Waals surface area contributed by atoms with E-state index in [4.69, 9.17) is 10.8 Å². The summed E-state index contributed by atoms with van der Waals surface area (Å²) in [7, 11) is 0. The Bertz CT molecular complexity index is 462. The summed E-state index contributed by atoms with van der Waals surface area (Å²) in [6.45, 7) is -1.18. The molecule has 100 valence electrons. The van der Waals surface area contributed by atoms with Gasteiger partial charge in [0.1, 0.15) is 6.67 Å². The Hall–Kier alpha value is -2.06. The van der Waals surface area contributed by atoms with Gasteiger partial charge in [0.15, 0.2) is 11.6 Å². The van der Waals surface area contributed by atoms with Crippen molar-refractivity contribution in [2.24, 2.45) is 0 Å².